The summed E-state index contributed by atoms with van der Waals surface area (Å²) in [5.74, 6) is 0. The molecule has 0 spiro atoms. The molecule has 21 heavy (non-hydrogen) atoms. The molecule has 0 saturated heterocycles. The normalized spacial score (nSPS) is 12.6. The molecule has 2 nitrogen and oxygen atoms in total. The average Bonchev–Trinajstić information content (AvgIpc) is 2.53. The van der Waals surface area contributed by atoms with Crippen LogP contribution in [0.25, 0.3) is 0 Å². The Balaban J connectivity index is 2.13. The van der Waals surface area contributed by atoms with Crippen molar-refractivity contribution >= 4 is 11.6 Å². The van der Waals surface area contributed by atoms with E-state index in [2.05, 4.69) is 30.9 Å². The fraction of sp³-hybridized carbons (Fsp3) is 0.333. The number of nitrogens with zero attached hydrogens (tertiary/aromatic N) is 1. The highest BCUT2D eigenvalue weighted by atomic mass is 35.5. The van der Waals surface area contributed by atoms with Gasteiger partial charge in [0.25, 0.3) is 0 Å². The largest absolute Gasteiger partial charge is 0.384 e. The van der Waals surface area contributed by atoms with E-state index in [4.69, 9.17) is 11.6 Å². The summed E-state index contributed by atoms with van der Waals surface area (Å²) in [6, 6.07) is 15.5. The summed E-state index contributed by atoms with van der Waals surface area (Å²) < 4.78 is 0. The van der Waals surface area contributed by atoms with E-state index in [9.17, 15) is 5.11 Å². The second-order valence-corrected chi connectivity index (χ2v) is 5.53. The number of hydrogen-bond donors (Lipinski definition) is 1. The molecule has 0 aliphatic rings. The van der Waals surface area contributed by atoms with Gasteiger partial charge in [-0.3, -0.25) is 4.90 Å². The Bertz CT molecular complexity index is 564. The minimum atomic E-state index is -0.679. The minimum absolute atomic E-state index is 0.595. The Labute approximate surface area is 132 Å². The summed E-state index contributed by atoms with van der Waals surface area (Å²) in [4.78, 5) is 2.36. The summed E-state index contributed by atoms with van der Waals surface area (Å²) in [5, 5.41) is 11.0. The lowest BCUT2D eigenvalue weighted by Gasteiger charge is -2.19. The van der Waals surface area contributed by atoms with Gasteiger partial charge in [0.2, 0.25) is 0 Å². The van der Waals surface area contributed by atoms with Crippen LogP contribution in [0.3, 0.4) is 0 Å². The molecule has 0 saturated carbocycles. The average molecular weight is 304 g/mol. The Morgan fingerprint density at radius 1 is 1.00 bits per heavy atom. The topological polar surface area (TPSA) is 23.5 Å². The lowest BCUT2D eigenvalue weighted by Crippen LogP contribution is -2.22. The Kier molecular flexibility index (Phi) is 5.80. The molecule has 112 valence electrons. The second-order valence-electron chi connectivity index (χ2n) is 5.13. The number of halogens is 1. The predicted octanol–water partition coefficient (Wildman–Crippen LogP) is 4.26. The lowest BCUT2D eigenvalue weighted by atomic mass is 10.0. The zero-order valence-corrected chi connectivity index (χ0v) is 13.3. The third-order valence-corrected chi connectivity index (χ3v) is 4.14. The number of aliphatic hydroxyl groups is 1. The molecule has 1 N–H and O–H groups in total. The van der Waals surface area contributed by atoms with E-state index in [1.165, 1.54) is 5.56 Å². The van der Waals surface area contributed by atoms with Crippen LogP contribution in [0.5, 0.6) is 0 Å². The molecule has 0 aliphatic carbocycles. The molecule has 0 radical (unpaired) electrons. The van der Waals surface area contributed by atoms with Gasteiger partial charge in [-0.15, -0.1) is 0 Å². The number of hydrogen-bond acceptors (Lipinski definition) is 2. The molecule has 1 atom stereocenters. The van der Waals surface area contributed by atoms with Crippen LogP contribution in [0.15, 0.2) is 48.5 Å². The van der Waals surface area contributed by atoms with Crippen molar-refractivity contribution in [1.29, 1.82) is 0 Å². The Morgan fingerprint density at radius 3 is 2.19 bits per heavy atom. The molecule has 0 amide bonds. The molecule has 3 heteroatoms. The van der Waals surface area contributed by atoms with Gasteiger partial charge in [-0.25, -0.2) is 0 Å². The van der Waals surface area contributed by atoms with E-state index in [1.54, 1.807) is 6.07 Å². The van der Waals surface area contributed by atoms with Crippen LogP contribution in [0.1, 0.15) is 36.6 Å². The van der Waals surface area contributed by atoms with Crippen LogP contribution in [-0.2, 0) is 6.54 Å². The zero-order valence-electron chi connectivity index (χ0n) is 12.6. The lowest BCUT2D eigenvalue weighted by molar-refractivity contribution is 0.220. The number of benzene rings is 2. The van der Waals surface area contributed by atoms with E-state index < -0.39 is 6.10 Å². The van der Waals surface area contributed by atoms with Gasteiger partial charge >= 0.3 is 0 Å². The first-order valence-electron chi connectivity index (χ1n) is 7.39. The molecule has 0 heterocycles. The molecular weight excluding hydrogens is 282 g/mol. The fourth-order valence-corrected chi connectivity index (χ4v) is 2.63. The molecule has 0 aliphatic heterocycles. The second kappa shape index (κ2) is 7.60. The van der Waals surface area contributed by atoms with Gasteiger partial charge in [-0.1, -0.05) is 67.9 Å². The molecule has 2 rings (SSSR count). The van der Waals surface area contributed by atoms with E-state index in [-0.39, 0.29) is 0 Å². The summed E-state index contributed by atoms with van der Waals surface area (Å²) in [7, 11) is 0. The first kappa shape index (κ1) is 16.0. The van der Waals surface area contributed by atoms with Gasteiger partial charge in [0.05, 0.1) is 0 Å². The molecule has 0 bridgehead atoms. The maximum atomic E-state index is 10.4. The van der Waals surface area contributed by atoms with Crippen molar-refractivity contribution in [2.24, 2.45) is 0 Å². The van der Waals surface area contributed by atoms with Crippen LogP contribution in [0.4, 0.5) is 0 Å². The monoisotopic (exact) mass is 303 g/mol. The van der Waals surface area contributed by atoms with E-state index in [0.29, 0.717) is 5.02 Å². The van der Waals surface area contributed by atoms with E-state index >= 15 is 0 Å². The Hall–Kier alpha value is -1.35. The van der Waals surface area contributed by atoms with Gasteiger partial charge in [0, 0.05) is 17.1 Å². The van der Waals surface area contributed by atoms with Gasteiger partial charge < -0.3 is 5.11 Å². The maximum Gasteiger partial charge on any atom is 0.105 e. The van der Waals surface area contributed by atoms with E-state index in [0.717, 1.165) is 30.8 Å². The van der Waals surface area contributed by atoms with Gasteiger partial charge in [0.15, 0.2) is 0 Å². The van der Waals surface area contributed by atoms with Crippen LogP contribution in [0, 0.1) is 0 Å². The summed E-state index contributed by atoms with van der Waals surface area (Å²) in [6.45, 7) is 7.36. The van der Waals surface area contributed by atoms with E-state index in [1.807, 2.05) is 30.3 Å². The highest BCUT2D eigenvalue weighted by Crippen LogP contribution is 2.28. The smallest absolute Gasteiger partial charge is 0.105 e. The van der Waals surface area contributed by atoms with Gasteiger partial charge in [-0.05, 0) is 30.3 Å². The highest BCUT2D eigenvalue weighted by molar-refractivity contribution is 6.31. The fourth-order valence-electron chi connectivity index (χ4n) is 2.39. The van der Waals surface area contributed by atoms with Crippen molar-refractivity contribution < 1.29 is 5.11 Å². The first-order valence-corrected chi connectivity index (χ1v) is 7.77. The van der Waals surface area contributed by atoms with Crippen LogP contribution in [-0.4, -0.2) is 23.1 Å². The van der Waals surface area contributed by atoms with Gasteiger partial charge in [-0.2, -0.15) is 0 Å². The number of rotatable bonds is 6. The maximum absolute atomic E-state index is 10.4. The molecular formula is C18H22ClNO. The number of aliphatic hydroxyl groups excluding tert-OH is 1. The highest BCUT2D eigenvalue weighted by Gasteiger charge is 2.13. The van der Waals surface area contributed by atoms with Gasteiger partial charge in [0.1, 0.15) is 6.10 Å². The third-order valence-electron chi connectivity index (χ3n) is 3.80. The van der Waals surface area contributed by atoms with Crippen molar-refractivity contribution in [2.45, 2.75) is 26.5 Å². The minimum Gasteiger partial charge on any atom is -0.384 e. The van der Waals surface area contributed by atoms with Crippen molar-refractivity contribution in [2.75, 3.05) is 13.1 Å². The van der Waals surface area contributed by atoms with Crippen molar-refractivity contribution in [3.63, 3.8) is 0 Å². The van der Waals surface area contributed by atoms with Crippen LogP contribution >= 0.6 is 11.6 Å². The zero-order chi connectivity index (χ0) is 15.2. The van der Waals surface area contributed by atoms with Crippen LogP contribution < -0.4 is 0 Å². The molecule has 2 aromatic rings. The molecule has 0 fully saturated rings. The predicted molar refractivity (Wildman–Crippen MR) is 88.6 cm³/mol. The quantitative estimate of drug-likeness (QED) is 0.862. The molecule has 0 aromatic heterocycles. The summed E-state index contributed by atoms with van der Waals surface area (Å²) >= 11 is 6.14. The summed E-state index contributed by atoms with van der Waals surface area (Å²) in [5.41, 5.74) is 2.87. The van der Waals surface area contributed by atoms with Crippen molar-refractivity contribution in [1.82, 2.24) is 4.90 Å². The van der Waals surface area contributed by atoms with Crippen LogP contribution in [0.2, 0.25) is 5.02 Å². The SMILES string of the molecule is CCN(CC)Cc1ccc([C@@H](O)c2ccccc2Cl)cc1. The summed E-state index contributed by atoms with van der Waals surface area (Å²) in [6.07, 6.45) is -0.679. The van der Waals surface area contributed by atoms with Crippen molar-refractivity contribution in [3.8, 4) is 0 Å². The Morgan fingerprint density at radius 2 is 1.62 bits per heavy atom. The third kappa shape index (κ3) is 4.07. The molecule has 0 unspecified atom stereocenters. The van der Waals surface area contributed by atoms with Crippen molar-refractivity contribution in [3.05, 3.63) is 70.2 Å². The first-order chi connectivity index (χ1) is 10.2. The standard InChI is InChI=1S/C18H22ClNO/c1-3-20(4-2)13-14-9-11-15(12-10-14)18(21)16-7-5-6-8-17(16)19/h5-12,18,21H,3-4,13H2,1-2H3/t18-/m1/s1. The molecule has 2 aromatic carbocycles.